The minimum Gasteiger partial charge on any atom is -0.465 e. The fraction of sp³-hybridized carbons (Fsp3) is 0.450. The van der Waals surface area contributed by atoms with Gasteiger partial charge in [-0.25, -0.2) is 19.4 Å². The van der Waals surface area contributed by atoms with Crippen LogP contribution in [0.3, 0.4) is 0 Å². The van der Waals surface area contributed by atoms with Gasteiger partial charge in [0.05, 0.1) is 37.2 Å². The number of nitrogens with one attached hydrogen (secondary N) is 1. The molecule has 9 heteroatoms. The Labute approximate surface area is 171 Å². The summed E-state index contributed by atoms with van der Waals surface area (Å²) < 4.78 is 15.1. The lowest BCUT2D eigenvalue weighted by Gasteiger charge is -2.35. The van der Waals surface area contributed by atoms with Crippen LogP contribution in [0.1, 0.15) is 38.1 Å². The predicted octanol–water partition coefficient (Wildman–Crippen LogP) is 3.82. The van der Waals surface area contributed by atoms with Crippen LogP contribution in [0.5, 0.6) is 0 Å². The highest BCUT2D eigenvalue weighted by Gasteiger charge is 2.26. The number of amides is 2. The molecule has 0 aliphatic rings. The first-order chi connectivity index (χ1) is 13.5. The Morgan fingerprint density at radius 3 is 2.41 bits per heavy atom. The topological polar surface area (TPSA) is 97.4 Å². The number of anilines is 2. The van der Waals surface area contributed by atoms with Crippen molar-refractivity contribution >= 4 is 29.5 Å². The Bertz CT molecular complexity index is 757. The Kier molecular flexibility index (Phi) is 8.50. The van der Waals surface area contributed by atoms with E-state index >= 15 is 0 Å². The van der Waals surface area contributed by atoms with Crippen molar-refractivity contribution in [2.75, 3.05) is 37.6 Å². The minimum absolute atomic E-state index is 0.173. The molecule has 0 heterocycles. The fourth-order valence-corrected chi connectivity index (χ4v) is 2.31. The molecular weight excluding hydrogens is 378 g/mol. The van der Waals surface area contributed by atoms with Crippen LogP contribution in [0, 0.1) is 0 Å². The fourth-order valence-electron chi connectivity index (χ4n) is 2.31. The van der Waals surface area contributed by atoms with Crippen LogP contribution in [0.4, 0.5) is 21.0 Å². The molecule has 0 unspecified atom stereocenters. The number of nitrogens with zero attached hydrogens (tertiary/aromatic N) is 2. The molecule has 9 nitrogen and oxygen atoms in total. The van der Waals surface area contributed by atoms with Gasteiger partial charge in [0.25, 0.3) is 0 Å². The first-order valence-electron chi connectivity index (χ1n) is 9.05. The standard InChI is InChI=1S/C20H29N3O6/c1-8-12-23(22(6)19(26)29-20(3,4)5)16-11-10-14(17(24)27-7)13-15(16)21-18(25)28-9-2/h8,10-11,13H,1,9,12H2,2-7H3,(H,21,25). The number of rotatable bonds is 7. The third-order valence-corrected chi connectivity index (χ3v) is 3.53. The second kappa shape index (κ2) is 10.4. The molecule has 0 spiro atoms. The number of esters is 1. The lowest BCUT2D eigenvalue weighted by atomic mass is 10.1. The Balaban J connectivity index is 3.38. The van der Waals surface area contributed by atoms with Crippen LogP contribution < -0.4 is 10.3 Å². The molecule has 0 aliphatic heterocycles. The smallest absolute Gasteiger partial charge is 0.429 e. The summed E-state index contributed by atoms with van der Waals surface area (Å²) in [4.78, 5) is 36.4. The largest absolute Gasteiger partial charge is 0.465 e. The molecule has 2 amide bonds. The maximum Gasteiger partial charge on any atom is 0.429 e. The molecule has 1 N–H and O–H groups in total. The molecule has 0 radical (unpaired) electrons. The van der Waals surface area contributed by atoms with Crippen LogP contribution >= 0.6 is 0 Å². The minimum atomic E-state index is -0.700. The molecule has 0 atom stereocenters. The lowest BCUT2D eigenvalue weighted by Crippen LogP contribution is -2.46. The van der Waals surface area contributed by atoms with Crippen molar-refractivity contribution in [1.82, 2.24) is 5.01 Å². The van der Waals surface area contributed by atoms with Crippen molar-refractivity contribution in [2.45, 2.75) is 33.3 Å². The Hall–Kier alpha value is -3.23. The number of methoxy groups -OCH3 is 1. The lowest BCUT2D eigenvalue weighted by molar-refractivity contribution is 0.0281. The molecule has 1 aromatic rings. The first kappa shape index (κ1) is 23.8. The summed E-state index contributed by atoms with van der Waals surface area (Å²) in [5.74, 6) is -0.570. The van der Waals surface area contributed by atoms with E-state index in [0.29, 0.717) is 5.69 Å². The molecule has 0 saturated heterocycles. The van der Waals surface area contributed by atoms with E-state index < -0.39 is 23.8 Å². The summed E-state index contributed by atoms with van der Waals surface area (Å²) in [6, 6.07) is 4.55. The molecule has 1 aromatic carbocycles. The van der Waals surface area contributed by atoms with E-state index in [-0.39, 0.29) is 24.4 Å². The SMILES string of the molecule is C=CCN(c1ccc(C(=O)OC)cc1NC(=O)OCC)N(C)C(=O)OC(C)(C)C. The van der Waals surface area contributed by atoms with Crippen LogP contribution in [-0.2, 0) is 14.2 Å². The van der Waals surface area contributed by atoms with Gasteiger partial charge in [-0.15, -0.1) is 6.58 Å². The quantitative estimate of drug-likeness (QED) is 0.318. The summed E-state index contributed by atoms with van der Waals surface area (Å²) in [7, 11) is 2.79. The number of carbonyl (C=O) groups excluding carboxylic acids is 3. The van der Waals surface area contributed by atoms with Crippen molar-refractivity contribution in [3.05, 3.63) is 36.4 Å². The monoisotopic (exact) mass is 407 g/mol. The molecule has 0 fully saturated rings. The van der Waals surface area contributed by atoms with Gasteiger partial charge < -0.3 is 14.2 Å². The van der Waals surface area contributed by atoms with E-state index in [1.165, 1.54) is 31.3 Å². The molecule has 0 bridgehead atoms. The van der Waals surface area contributed by atoms with Gasteiger partial charge in [-0.05, 0) is 45.9 Å². The maximum atomic E-state index is 12.5. The van der Waals surface area contributed by atoms with E-state index in [4.69, 9.17) is 14.2 Å². The van der Waals surface area contributed by atoms with Crippen molar-refractivity contribution in [3.63, 3.8) is 0 Å². The molecule has 1 rings (SSSR count). The first-order valence-corrected chi connectivity index (χ1v) is 9.05. The highest BCUT2D eigenvalue weighted by Crippen LogP contribution is 2.29. The van der Waals surface area contributed by atoms with E-state index in [9.17, 15) is 14.4 Å². The van der Waals surface area contributed by atoms with Gasteiger partial charge in [0.2, 0.25) is 0 Å². The summed E-state index contributed by atoms with van der Waals surface area (Å²) in [5, 5.41) is 5.39. The van der Waals surface area contributed by atoms with Crippen LogP contribution in [-0.4, -0.2) is 56.1 Å². The second-order valence-corrected chi connectivity index (χ2v) is 6.94. The average molecular weight is 407 g/mol. The zero-order chi connectivity index (χ0) is 22.2. The normalized spacial score (nSPS) is 10.6. The third kappa shape index (κ3) is 7.02. The zero-order valence-electron chi connectivity index (χ0n) is 17.8. The maximum absolute atomic E-state index is 12.5. The molecule has 29 heavy (non-hydrogen) atoms. The van der Waals surface area contributed by atoms with Crippen molar-refractivity contribution in [3.8, 4) is 0 Å². The molecular formula is C20H29N3O6. The van der Waals surface area contributed by atoms with Gasteiger partial charge in [-0.1, -0.05) is 6.08 Å². The Morgan fingerprint density at radius 2 is 1.90 bits per heavy atom. The molecule has 0 aliphatic carbocycles. The number of hydrazine groups is 1. The predicted molar refractivity (Wildman–Crippen MR) is 110 cm³/mol. The second-order valence-electron chi connectivity index (χ2n) is 6.94. The highest BCUT2D eigenvalue weighted by atomic mass is 16.6. The number of ether oxygens (including phenoxy) is 3. The molecule has 0 saturated carbocycles. The molecule has 160 valence electrons. The van der Waals surface area contributed by atoms with Gasteiger partial charge in [0.1, 0.15) is 5.60 Å². The number of benzene rings is 1. The van der Waals surface area contributed by atoms with Crippen molar-refractivity contribution in [1.29, 1.82) is 0 Å². The van der Waals surface area contributed by atoms with E-state index in [1.54, 1.807) is 44.8 Å². The number of hydrogen-bond donors (Lipinski definition) is 1. The van der Waals surface area contributed by atoms with Gasteiger partial charge >= 0.3 is 18.2 Å². The van der Waals surface area contributed by atoms with Crippen LogP contribution in [0.15, 0.2) is 30.9 Å². The zero-order valence-corrected chi connectivity index (χ0v) is 17.8. The highest BCUT2D eigenvalue weighted by molar-refractivity contribution is 5.96. The average Bonchev–Trinajstić information content (AvgIpc) is 2.64. The van der Waals surface area contributed by atoms with Gasteiger partial charge in [-0.3, -0.25) is 10.3 Å². The third-order valence-electron chi connectivity index (χ3n) is 3.53. The van der Waals surface area contributed by atoms with Crippen molar-refractivity contribution < 1.29 is 28.6 Å². The Morgan fingerprint density at radius 1 is 1.24 bits per heavy atom. The van der Waals surface area contributed by atoms with Crippen LogP contribution in [0.2, 0.25) is 0 Å². The van der Waals surface area contributed by atoms with E-state index in [1.807, 2.05) is 0 Å². The summed E-state index contributed by atoms with van der Waals surface area (Å²) in [5.41, 5.74) is 0.218. The van der Waals surface area contributed by atoms with Gasteiger partial charge in [0, 0.05) is 7.05 Å². The van der Waals surface area contributed by atoms with E-state index in [2.05, 4.69) is 11.9 Å². The number of hydrogen-bond acceptors (Lipinski definition) is 7. The van der Waals surface area contributed by atoms with Crippen molar-refractivity contribution in [2.24, 2.45) is 0 Å². The van der Waals surface area contributed by atoms with Gasteiger partial charge in [-0.2, -0.15) is 0 Å². The van der Waals surface area contributed by atoms with Crippen LogP contribution in [0.25, 0.3) is 0 Å². The number of carbonyl (C=O) groups is 3. The molecule has 0 aromatic heterocycles. The van der Waals surface area contributed by atoms with E-state index in [0.717, 1.165) is 0 Å². The van der Waals surface area contributed by atoms with Gasteiger partial charge in [0.15, 0.2) is 0 Å². The summed E-state index contributed by atoms with van der Waals surface area (Å²) in [6.07, 6.45) is 0.288. The summed E-state index contributed by atoms with van der Waals surface area (Å²) >= 11 is 0. The summed E-state index contributed by atoms with van der Waals surface area (Å²) in [6.45, 7) is 11.1.